The molecule has 0 bridgehead atoms. The second kappa shape index (κ2) is 7.92. The molecule has 1 atom stereocenters. The maximum Gasteiger partial charge on any atom is 0.285 e. The van der Waals surface area contributed by atoms with Crippen molar-refractivity contribution in [3.63, 3.8) is 0 Å². The van der Waals surface area contributed by atoms with Crippen LogP contribution in [0.5, 0.6) is 0 Å². The summed E-state index contributed by atoms with van der Waals surface area (Å²) in [5.41, 5.74) is 2.63. The van der Waals surface area contributed by atoms with Crippen molar-refractivity contribution < 1.29 is 13.2 Å². The van der Waals surface area contributed by atoms with Gasteiger partial charge in [0.25, 0.3) is 10.0 Å². The van der Waals surface area contributed by atoms with Gasteiger partial charge in [0.15, 0.2) is 0 Å². The molecular weight excluding hydrogens is 362 g/mol. The Morgan fingerprint density at radius 1 is 1.19 bits per heavy atom. The molecule has 0 aromatic heterocycles. The predicted molar refractivity (Wildman–Crippen MR) is 107 cm³/mol. The summed E-state index contributed by atoms with van der Waals surface area (Å²) in [7, 11) is -3.69. The quantitative estimate of drug-likeness (QED) is 0.829. The number of hydrogen-bond donors (Lipinski definition) is 1. The number of benzene rings is 2. The van der Waals surface area contributed by atoms with E-state index in [1.165, 1.54) is 18.0 Å². The highest BCUT2D eigenvalue weighted by Gasteiger charge is 2.26. The fraction of sp³-hybridized carbons (Fsp3) is 0.300. The van der Waals surface area contributed by atoms with Crippen LogP contribution < -0.4 is 10.2 Å². The number of carbonyl (C=O) groups excluding carboxylic acids is 1. The number of carbonyl (C=O) groups is 1. The van der Waals surface area contributed by atoms with Gasteiger partial charge < -0.3 is 10.2 Å². The zero-order chi connectivity index (χ0) is 19.4. The molecule has 0 spiro atoms. The highest BCUT2D eigenvalue weighted by molar-refractivity contribution is 7.90. The number of aryl methyl sites for hydroxylation is 2. The molecule has 0 saturated carbocycles. The lowest BCUT2D eigenvalue weighted by molar-refractivity contribution is -0.120. The van der Waals surface area contributed by atoms with Gasteiger partial charge in [-0.05, 0) is 49.9 Å². The molecule has 2 aromatic rings. The molecule has 0 saturated heterocycles. The summed E-state index contributed by atoms with van der Waals surface area (Å²) in [6, 6.07) is 15.1. The normalized spacial score (nSPS) is 15.9. The number of sulfonamides is 1. The zero-order valence-corrected chi connectivity index (χ0v) is 16.2. The minimum atomic E-state index is -3.69. The van der Waals surface area contributed by atoms with Crippen molar-refractivity contribution in [1.29, 1.82) is 0 Å². The van der Waals surface area contributed by atoms with Crippen LogP contribution in [0.15, 0.2) is 57.8 Å². The summed E-state index contributed by atoms with van der Waals surface area (Å²) in [6.45, 7) is 3.86. The van der Waals surface area contributed by atoms with Gasteiger partial charge in [-0.1, -0.05) is 36.4 Å². The van der Waals surface area contributed by atoms with Crippen LogP contribution in [0.25, 0.3) is 0 Å². The molecular formula is C20H23N3O3S. The third-order valence-electron chi connectivity index (χ3n) is 4.46. The first-order chi connectivity index (χ1) is 12.8. The Labute approximate surface area is 160 Å². The average Bonchev–Trinajstić information content (AvgIpc) is 2.63. The van der Waals surface area contributed by atoms with E-state index in [0.717, 1.165) is 18.4 Å². The van der Waals surface area contributed by atoms with E-state index in [0.29, 0.717) is 5.69 Å². The van der Waals surface area contributed by atoms with Crippen LogP contribution in [-0.2, 0) is 21.2 Å². The van der Waals surface area contributed by atoms with Crippen LogP contribution in [0.3, 0.4) is 0 Å². The number of nitrogens with one attached hydrogen (secondary N) is 1. The molecule has 0 fully saturated rings. The van der Waals surface area contributed by atoms with Crippen molar-refractivity contribution in [1.82, 2.24) is 5.32 Å². The van der Waals surface area contributed by atoms with Gasteiger partial charge in [-0.25, -0.2) is 0 Å². The second-order valence-electron chi connectivity index (χ2n) is 6.79. The largest absolute Gasteiger partial charge is 0.352 e. The van der Waals surface area contributed by atoms with E-state index >= 15 is 0 Å². The van der Waals surface area contributed by atoms with Crippen molar-refractivity contribution in [3.05, 3.63) is 59.7 Å². The number of anilines is 1. The Kier molecular flexibility index (Phi) is 5.60. The van der Waals surface area contributed by atoms with Gasteiger partial charge in [0.1, 0.15) is 17.8 Å². The molecule has 142 valence electrons. The summed E-state index contributed by atoms with van der Waals surface area (Å²) < 4.78 is 27.8. The summed E-state index contributed by atoms with van der Waals surface area (Å²) in [5, 5.41) is 2.97. The molecule has 3 rings (SSSR count). The van der Waals surface area contributed by atoms with E-state index in [-0.39, 0.29) is 23.4 Å². The predicted octanol–water partition coefficient (Wildman–Crippen LogP) is 2.67. The van der Waals surface area contributed by atoms with Crippen molar-refractivity contribution in [3.8, 4) is 0 Å². The Hall–Kier alpha value is -2.67. The smallest absolute Gasteiger partial charge is 0.285 e. The first-order valence-electron chi connectivity index (χ1n) is 8.86. The van der Waals surface area contributed by atoms with Gasteiger partial charge in [0.2, 0.25) is 5.91 Å². The molecule has 0 radical (unpaired) electrons. The summed E-state index contributed by atoms with van der Waals surface area (Å²) in [5.74, 6) is -0.172. The summed E-state index contributed by atoms with van der Waals surface area (Å²) >= 11 is 0. The van der Waals surface area contributed by atoms with Gasteiger partial charge in [-0.3, -0.25) is 4.79 Å². The Morgan fingerprint density at radius 2 is 1.93 bits per heavy atom. The minimum absolute atomic E-state index is 0.0140. The molecule has 27 heavy (non-hydrogen) atoms. The van der Waals surface area contributed by atoms with E-state index in [1.807, 2.05) is 32.0 Å². The van der Waals surface area contributed by atoms with E-state index < -0.39 is 10.0 Å². The monoisotopic (exact) mass is 385 g/mol. The lowest BCUT2D eigenvalue weighted by Gasteiger charge is -2.25. The molecule has 1 N–H and O–H groups in total. The van der Waals surface area contributed by atoms with Crippen molar-refractivity contribution in [2.45, 2.75) is 37.6 Å². The third-order valence-corrected chi connectivity index (χ3v) is 5.73. The van der Waals surface area contributed by atoms with Crippen LogP contribution in [0, 0.1) is 6.92 Å². The Balaban J connectivity index is 1.62. The van der Waals surface area contributed by atoms with Gasteiger partial charge in [0, 0.05) is 6.04 Å². The molecule has 1 aliphatic rings. The molecule has 0 aliphatic carbocycles. The standard InChI is InChI=1S/C20H23N3O3S/c1-15-8-11-19-18(12-15)23(14-21-27(19,25)26)13-20(24)22-16(2)9-10-17-6-4-3-5-7-17/h3-8,11-12,14,16H,9-10,13H2,1-2H3,(H,22,24)/t16-/m0/s1. The lowest BCUT2D eigenvalue weighted by Crippen LogP contribution is -2.42. The number of hydrogen-bond acceptors (Lipinski definition) is 4. The van der Waals surface area contributed by atoms with E-state index in [9.17, 15) is 13.2 Å². The van der Waals surface area contributed by atoms with Gasteiger partial charge >= 0.3 is 0 Å². The van der Waals surface area contributed by atoms with Gasteiger partial charge in [0.05, 0.1) is 5.69 Å². The van der Waals surface area contributed by atoms with Gasteiger partial charge in [-0.15, -0.1) is 4.40 Å². The average molecular weight is 385 g/mol. The van der Waals surface area contributed by atoms with Crippen LogP contribution >= 0.6 is 0 Å². The highest BCUT2D eigenvalue weighted by Crippen LogP contribution is 2.30. The van der Waals surface area contributed by atoms with Crippen LogP contribution in [-0.4, -0.2) is 33.3 Å². The molecule has 2 aromatic carbocycles. The molecule has 1 aliphatic heterocycles. The van der Waals surface area contributed by atoms with Crippen molar-refractivity contribution >= 4 is 28.0 Å². The number of amides is 1. The first kappa shape index (κ1) is 19.1. The van der Waals surface area contributed by atoms with E-state index in [2.05, 4.69) is 21.8 Å². The number of nitrogens with zero attached hydrogens (tertiary/aromatic N) is 2. The number of rotatable bonds is 6. The van der Waals surface area contributed by atoms with Crippen molar-refractivity contribution in [2.75, 3.05) is 11.4 Å². The van der Waals surface area contributed by atoms with E-state index in [1.54, 1.807) is 17.0 Å². The third kappa shape index (κ3) is 4.74. The zero-order valence-electron chi connectivity index (χ0n) is 15.4. The fourth-order valence-corrected chi connectivity index (χ4v) is 4.04. The SMILES string of the molecule is Cc1ccc2c(c1)N(CC(=O)N[C@@H](C)CCc1ccccc1)C=NS2(=O)=O. The fourth-order valence-electron chi connectivity index (χ4n) is 3.01. The second-order valence-corrected chi connectivity index (χ2v) is 8.39. The van der Waals surface area contributed by atoms with Gasteiger partial charge in [-0.2, -0.15) is 8.42 Å². The number of fused-ring (bicyclic) bond motifs is 1. The van der Waals surface area contributed by atoms with Crippen LogP contribution in [0.2, 0.25) is 0 Å². The van der Waals surface area contributed by atoms with Crippen LogP contribution in [0.1, 0.15) is 24.5 Å². The van der Waals surface area contributed by atoms with Crippen LogP contribution in [0.4, 0.5) is 5.69 Å². The molecule has 0 unspecified atom stereocenters. The topological polar surface area (TPSA) is 78.8 Å². The first-order valence-corrected chi connectivity index (χ1v) is 10.3. The van der Waals surface area contributed by atoms with Crippen molar-refractivity contribution in [2.24, 2.45) is 4.40 Å². The Bertz CT molecular complexity index is 956. The summed E-state index contributed by atoms with van der Waals surface area (Å²) in [4.78, 5) is 14.1. The molecule has 6 nitrogen and oxygen atoms in total. The lowest BCUT2D eigenvalue weighted by atomic mass is 10.1. The van der Waals surface area contributed by atoms with E-state index in [4.69, 9.17) is 0 Å². The maximum absolute atomic E-state index is 12.4. The molecule has 7 heteroatoms. The minimum Gasteiger partial charge on any atom is -0.352 e. The maximum atomic E-state index is 12.4. The molecule has 1 heterocycles. The highest BCUT2D eigenvalue weighted by atomic mass is 32.2. The summed E-state index contributed by atoms with van der Waals surface area (Å²) in [6.07, 6.45) is 2.92. The Morgan fingerprint density at radius 3 is 2.67 bits per heavy atom. The molecule has 1 amide bonds.